The average Bonchev–Trinajstić information content (AvgIpc) is 2.99. The minimum absolute atomic E-state index is 0. The fourth-order valence-corrected chi connectivity index (χ4v) is 4.44. The van der Waals surface area contributed by atoms with Crippen molar-refractivity contribution in [2.75, 3.05) is 0 Å². The molecule has 0 spiro atoms. The second kappa shape index (κ2) is 13.4. The zero-order chi connectivity index (χ0) is 21.6. The molecular formula is C26H31Cl2OSiTi-2. The summed E-state index contributed by atoms with van der Waals surface area (Å²) < 4.78 is 1.42. The van der Waals surface area contributed by atoms with E-state index in [0.717, 1.165) is 12.0 Å². The van der Waals surface area contributed by atoms with E-state index in [2.05, 4.69) is 102 Å². The molecule has 0 saturated heterocycles. The van der Waals surface area contributed by atoms with Crippen LogP contribution < -0.4 is 30.0 Å². The van der Waals surface area contributed by atoms with Crippen molar-refractivity contribution in [3.8, 4) is 16.9 Å². The first kappa shape index (κ1) is 29.8. The molecule has 0 heterocycles. The molecule has 0 aromatic heterocycles. The van der Waals surface area contributed by atoms with Crippen molar-refractivity contribution in [3.05, 3.63) is 83.4 Å². The summed E-state index contributed by atoms with van der Waals surface area (Å²) in [6.07, 6.45) is 1.05. The maximum atomic E-state index is 9.38. The zero-order valence-electron chi connectivity index (χ0n) is 19.2. The Labute approximate surface area is 213 Å². The van der Waals surface area contributed by atoms with Gasteiger partial charge in [0.15, 0.2) is 0 Å². The van der Waals surface area contributed by atoms with Crippen LogP contribution in [0, 0.1) is 13.0 Å². The molecule has 1 nitrogen and oxygen atoms in total. The van der Waals surface area contributed by atoms with Crippen molar-refractivity contribution < 1.29 is 49.9 Å². The molecule has 165 valence electrons. The van der Waals surface area contributed by atoms with Crippen LogP contribution in [0.25, 0.3) is 11.1 Å². The van der Waals surface area contributed by atoms with Gasteiger partial charge in [-0.1, -0.05) is 66.3 Å². The van der Waals surface area contributed by atoms with Gasteiger partial charge >= 0.3 is 37.6 Å². The number of benzene rings is 3. The summed E-state index contributed by atoms with van der Waals surface area (Å²) in [6.45, 7) is 13.0. The molecule has 1 aliphatic rings. The van der Waals surface area contributed by atoms with E-state index in [1.807, 2.05) is 19.1 Å². The van der Waals surface area contributed by atoms with Crippen LogP contribution in [-0.4, -0.2) is 17.0 Å². The summed E-state index contributed by atoms with van der Waals surface area (Å²) in [5.74, 6) is 0.396. The SMILES string of the molecule is C[C](C)=[Ti+].Cc1cc(O)cc([Si](C)(C)C)c1.[Cl-].[Cl-].[c-]1cccc2c1Cc1ccccc1-2. The number of hydrogen-bond acceptors (Lipinski definition) is 1. The fourth-order valence-electron chi connectivity index (χ4n) is 3.19. The number of fused-ring (bicyclic) bond motifs is 3. The standard InChI is InChI=1S/C13H9.C10H16OSi.C3H6.2ClH.Ti/c1-3-7-12-10(5-1)9-11-6-2-4-8-13(11)12;1-8-5-9(11)7-10(6-8)12(2,3)4;1-3-2;;;/h1-5,7-8H,9H2;5-7,11H,1-4H3;1-2H3;2*1H;/q-1;;;;;+1/p-2. The van der Waals surface area contributed by atoms with Gasteiger partial charge in [-0.2, -0.15) is 29.8 Å². The minimum atomic E-state index is -1.26. The maximum Gasteiger partial charge on any atom is 0.115 e. The van der Waals surface area contributed by atoms with E-state index < -0.39 is 8.07 Å². The van der Waals surface area contributed by atoms with E-state index in [1.54, 1.807) is 6.07 Å². The molecule has 0 aliphatic heterocycles. The van der Waals surface area contributed by atoms with Crippen LogP contribution in [0.1, 0.15) is 30.5 Å². The molecule has 3 aromatic rings. The summed E-state index contributed by atoms with van der Waals surface area (Å²) in [5.41, 5.74) is 6.66. The van der Waals surface area contributed by atoms with E-state index in [1.165, 1.54) is 31.3 Å². The van der Waals surface area contributed by atoms with Gasteiger partial charge in [0.05, 0.1) is 8.07 Å². The van der Waals surface area contributed by atoms with E-state index in [0.29, 0.717) is 5.75 Å². The third kappa shape index (κ3) is 9.47. The normalized spacial score (nSPS) is 10.6. The number of rotatable bonds is 1. The van der Waals surface area contributed by atoms with Crippen molar-refractivity contribution in [1.29, 1.82) is 0 Å². The van der Waals surface area contributed by atoms with Gasteiger partial charge in [-0.25, -0.2) is 0 Å². The Hall–Kier alpha value is -1.16. The first-order valence-electron chi connectivity index (χ1n) is 9.98. The zero-order valence-corrected chi connectivity index (χ0v) is 23.3. The summed E-state index contributed by atoms with van der Waals surface area (Å²) in [7, 11) is -1.26. The molecule has 0 fully saturated rings. The predicted molar refractivity (Wildman–Crippen MR) is 126 cm³/mol. The quantitative estimate of drug-likeness (QED) is 0.286. The van der Waals surface area contributed by atoms with Gasteiger partial charge in [0.2, 0.25) is 0 Å². The van der Waals surface area contributed by atoms with Gasteiger partial charge in [0.25, 0.3) is 0 Å². The van der Waals surface area contributed by atoms with Crippen molar-refractivity contribution in [1.82, 2.24) is 0 Å². The van der Waals surface area contributed by atoms with E-state index in [4.69, 9.17) is 0 Å². The molecule has 0 amide bonds. The van der Waals surface area contributed by atoms with Crippen LogP contribution in [-0.2, 0) is 26.4 Å². The molecular weight excluding hydrogens is 475 g/mol. The Bertz CT molecular complexity index is 929. The Kier molecular flexibility index (Phi) is 12.9. The number of halogens is 2. The summed E-state index contributed by atoms with van der Waals surface area (Å²) in [5, 5.41) is 10.7. The third-order valence-electron chi connectivity index (χ3n) is 4.54. The minimum Gasteiger partial charge on any atom is -1.00 e. The van der Waals surface area contributed by atoms with Crippen molar-refractivity contribution >= 4 is 17.1 Å². The van der Waals surface area contributed by atoms with Gasteiger partial charge in [0, 0.05) is 0 Å². The Morgan fingerprint density at radius 1 is 0.935 bits per heavy atom. The number of hydrogen-bond donors (Lipinski definition) is 1. The monoisotopic (exact) mass is 505 g/mol. The Morgan fingerprint density at radius 3 is 2.10 bits per heavy atom. The Morgan fingerprint density at radius 2 is 1.52 bits per heavy atom. The number of phenols is 1. The summed E-state index contributed by atoms with van der Waals surface area (Å²) >= 11 is 2.08. The fraction of sp³-hybridized carbons (Fsp3) is 0.269. The molecule has 1 aliphatic carbocycles. The van der Waals surface area contributed by atoms with Crippen molar-refractivity contribution in [2.45, 2.75) is 46.8 Å². The van der Waals surface area contributed by atoms with Crippen LogP contribution in [0.3, 0.4) is 0 Å². The van der Waals surface area contributed by atoms with Crippen LogP contribution in [0.5, 0.6) is 5.75 Å². The topological polar surface area (TPSA) is 20.2 Å². The maximum absolute atomic E-state index is 9.38. The summed E-state index contributed by atoms with van der Waals surface area (Å²) in [4.78, 5) is 0. The number of aryl methyl sites for hydroxylation is 1. The Balaban J connectivity index is 0.000000473. The predicted octanol–water partition coefficient (Wildman–Crippen LogP) is 0.0572. The van der Waals surface area contributed by atoms with Crippen molar-refractivity contribution in [3.63, 3.8) is 0 Å². The van der Waals surface area contributed by atoms with Gasteiger partial charge in [-0.05, 0) is 31.0 Å². The van der Waals surface area contributed by atoms with Crippen molar-refractivity contribution in [2.24, 2.45) is 0 Å². The molecule has 1 N–H and O–H groups in total. The van der Waals surface area contributed by atoms with Crippen LogP contribution >= 0.6 is 0 Å². The third-order valence-corrected chi connectivity index (χ3v) is 6.57. The van der Waals surface area contributed by atoms with Crippen LogP contribution in [0.2, 0.25) is 19.6 Å². The largest absolute Gasteiger partial charge is 1.00 e. The summed E-state index contributed by atoms with van der Waals surface area (Å²) in [6, 6.07) is 24.0. The molecule has 5 heteroatoms. The molecule has 0 radical (unpaired) electrons. The van der Waals surface area contributed by atoms with Gasteiger partial charge in [-0.3, -0.25) is 0 Å². The second-order valence-electron chi connectivity index (χ2n) is 8.70. The smallest absolute Gasteiger partial charge is 0.115 e. The molecule has 3 aromatic carbocycles. The molecule has 0 unspecified atom stereocenters. The van der Waals surface area contributed by atoms with Crippen LogP contribution in [0.4, 0.5) is 0 Å². The van der Waals surface area contributed by atoms with Crippen LogP contribution in [0.15, 0.2) is 60.7 Å². The average molecular weight is 506 g/mol. The van der Waals surface area contributed by atoms with E-state index in [9.17, 15) is 5.11 Å². The first-order valence-corrected chi connectivity index (χ1v) is 14.3. The molecule has 4 rings (SSSR count). The molecule has 31 heavy (non-hydrogen) atoms. The molecule has 0 bridgehead atoms. The second-order valence-corrected chi connectivity index (χ2v) is 15.3. The van der Waals surface area contributed by atoms with Gasteiger partial charge in [0.1, 0.15) is 5.75 Å². The van der Waals surface area contributed by atoms with E-state index >= 15 is 0 Å². The number of aromatic hydroxyl groups is 1. The van der Waals surface area contributed by atoms with Gasteiger partial charge in [-0.15, -0.1) is 5.56 Å². The molecule has 0 saturated carbocycles. The van der Waals surface area contributed by atoms with Gasteiger partial charge < -0.3 is 29.9 Å². The van der Waals surface area contributed by atoms with E-state index in [-0.39, 0.29) is 24.8 Å². The number of phenolic OH excluding ortho intramolecular Hbond substituents is 1. The first-order chi connectivity index (χ1) is 13.6. The molecule has 0 atom stereocenters.